The first-order valence-corrected chi connectivity index (χ1v) is 40.3. The highest BCUT2D eigenvalue weighted by atomic mass is 16.3. The molecular weight excluding hydrogens is 1220 g/mol. The Bertz CT molecular complexity index is 5020. The van der Waals surface area contributed by atoms with Crippen molar-refractivity contribution < 1.29 is 8.83 Å². The fourth-order valence-corrected chi connectivity index (χ4v) is 20.6. The molecule has 3 heteroatoms. The molecule has 101 heavy (non-hydrogen) atoms. The van der Waals surface area contributed by atoms with Crippen LogP contribution in [0.5, 0.6) is 0 Å². The molecule has 0 N–H and O–H groups in total. The highest BCUT2D eigenvalue weighted by molar-refractivity contribution is 6.21. The molecular formula is C98H109NO2. The summed E-state index contributed by atoms with van der Waals surface area (Å²) in [5.41, 5.74) is 29.8. The van der Waals surface area contributed by atoms with Crippen molar-refractivity contribution in [2.45, 2.75) is 257 Å². The number of nitrogens with zero attached hydrogens (tertiary/aromatic N) is 1. The van der Waals surface area contributed by atoms with Crippen LogP contribution in [0.25, 0.3) is 99.2 Å². The average Bonchev–Trinajstić information content (AvgIpc) is 1.51. The van der Waals surface area contributed by atoms with Gasteiger partial charge in [-0.05, 0) is 175 Å². The molecule has 3 nitrogen and oxygen atoms in total. The second kappa shape index (κ2) is 27.9. The Hall–Kier alpha value is -8.14. The van der Waals surface area contributed by atoms with E-state index in [-0.39, 0.29) is 21.7 Å². The number of hydrogen-bond acceptors (Lipinski definition) is 3. The number of benzene rings is 10. The molecule has 0 bridgehead atoms. The summed E-state index contributed by atoms with van der Waals surface area (Å²) in [6.07, 6.45) is 35.6. The predicted molar refractivity (Wildman–Crippen MR) is 433 cm³/mol. The van der Waals surface area contributed by atoms with E-state index in [2.05, 4.69) is 236 Å². The Kier molecular flexibility index (Phi) is 18.6. The van der Waals surface area contributed by atoms with Gasteiger partial charge in [-0.15, -0.1) is 0 Å². The number of rotatable bonds is 31. The molecule has 518 valence electrons. The van der Waals surface area contributed by atoms with Gasteiger partial charge < -0.3 is 13.7 Å². The van der Waals surface area contributed by atoms with Crippen molar-refractivity contribution in [2.24, 2.45) is 0 Å². The maximum Gasteiger partial charge on any atom is 0.144 e. The normalized spacial score (nSPS) is 15.2. The summed E-state index contributed by atoms with van der Waals surface area (Å²) in [7, 11) is 0. The Balaban J connectivity index is 0.914. The molecule has 0 radical (unpaired) electrons. The van der Waals surface area contributed by atoms with E-state index in [1.807, 2.05) is 0 Å². The quantitative estimate of drug-likeness (QED) is 0.0406. The van der Waals surface area contributed by atoms with E-state index in [9.17, 15) is 0 Å². The lowest BCUT2D eigenvalue weighted by Crippen LogP contribution is -2.27. The lowest BCUT2D eigenvalue weighted by molar-refractivity contribution is 0.394. The number of anilines is 3. The van der Waals surface area contributed by atoms with Crippen LogP contribution in [0.3, 0.4) is 0 Å². The van der Waals surface area contributed by atoms with Gasteiger partial charge in [0.15, 0.2) is 0 Å². The smallest absolute Gasteiger partial charge is 0.144 e. The van der Waals surface area contributed by atoms with E-state index in [0.29, 0.717) is 0 Å². The van der Waals surface area contributed by atoms with Crippen molar-refractivity contribution >= 4 is 71.7 Å². The fraction of sp³-hybridized carbons (Fsp3) is 0.408. The van der Waals surface area contributed by atoms with Crippen LogP contribution in [0.1, 0.15) is 280 Å². The molecule has 10 aromatic carbocycles. The molecule has 0 spiro atoms. The maximum atomic E-state index is 7.25. The predicted octanol–water partition coefficient (Wildman–Crippen LogP) is 30.3. The minimum absolute atomic E-state index is 0.103. The second-order valence-electron chi connectivity index (χ2n) is 32.5. The molecule has 0 aliphatic heterocycles. The summed E-state index contributed by atoms with van der Waals surface area (Å²) in [5.74, 6) is 0. The van der Waals surface area contributed by atoms with E-state index in [1.165, 1.54) is 283 Å². The summed E-state index contributed by atoms with van der Waals surface area (Å²) in [4.78, 5) is 2.68. The van der Waals surface area contributed by atoms with Crippen LogP contribution >= 0.6 is 0 Å². The van der Waals surface area contributed by atoms with Crippen molar-refractivity contribution in [3.05, 3.63) is 220 Å². The van der Waals surface area contributed by atoms with Gasteiger partial charge in [0.05, 0.1) is 5.69 Å². The summed E-state index contributed by atoms with van der Waals surface area (Å²) in [6, 6.07) is 69.2. The van der Waals surface area contributed by atoms with Gasteiger partial charge in [0.2, 0.25) is 0 Å². The molecule has 0 fully saturated rings. The van der Waals surface area contributed by atoms with Crippen molar-refractivity contribution in [3.63, 3.8) is 0 Å². The zero-order valence-corrected chi connectivity index (χ0v) is 62.3. The highest BCUT2D eigenvalue weighted by Crippen LogP contribution is 2.66. The van der Waals surface area contributed by atoms with Gasteiger partial charge in [0, 0.05) is 65.5 Å². The highest BCUT2D eigenvalue weighted by Gasteiger charge is 2.51. The van der Waals surface area contributed by atoms with Gasteiger partial charge in [-0.2, -0.15) is 0 Å². The van der Waals surface area contributed by atoms with Crippen LogP contribution in [0.15, 0.2) is 185 Å². The van der Waals surface area contributed by atoms with Crippen molar-refractivity contribution in [3.8, 4) is 44.5 Å². The topological polar surface area (TPSA) is 29.5 Å². The lowest BCUT2D eigenvalue weighted by Gasteiger charge is -2.35. The number of furan rings is 2. The third-order valence-electron chi connectivity index (χ3n) is 25.6. The standard InChI is InChI=1S/C98H109NO2/c1-9-13-17-21-25-37-58-97(59-38-26-22-18-14-10-2)78-56-57-86-88(73-46-32-35-50-84(73)100-86)87(78)76-65-81-75(64-82(76)97)70-54-52-68(63-80(70)98(81,60-39-27-23-19-15-11-3)61-40-28-24-20-16-12-4)99(83-49-41-43-66-42-29-30-44-69(66)83)67-53-55-72-79(62-67)96(7,8)93-91(72)94-90(74-47-33-36-51-85(74)101-94)89-71-45-31-34-48-77(71)95(5,6)92(89)93/h29-36,41-57,62-65H,9-28,37-40,58-61H2,1-8H3. The molecule has 0 amide bonds. The minimum Gasteiger partial charge on any atom is -0.456 e. The van der Waals surface area contributed by atoms with Gasteiger partial charge in [-0.3, -0.25) is 0 Å². The lowest BCUT2D eigenvalue weighted by atomic mass is 9.68. The summed E-state index contributed by atoms with van der Waals surface area (Å²) in [6.45, 7) is 19.4. The molecule has 0 atom stereocenters. The van der Waals surface area contributed by atoms with E-state index in [0.717, 1.165) is 35.2 Å². The molecule has 4 aliphatic carbocycles. The molecule has 2 heterocycles. The SMILES string of the molecule is CCCCCCCCC1(CCCCCCCC)c2cc(N(c3ccc4c(c3)C(C)(C)c3c5c(c6c(oc7ccccc76)c3-4)-c3ccccc3C5(C)C)c3cccc4ccccc34)ccc2-c2cc3c(cc21)-c1c(ccc2oc4ccccc4c12)C3(CCCCCCCC)CCCCCCCC. The monoisotopic (exact) mass is 1330 g/mol. The number of para-hydroxylation sites is 2. The van der Waals surface area contributed by atoms with Crippen LogP contribution < -0.4 is 4.90 Å². The number of unbranched alkanes of at least 4 members (excludes halogenated alkanes) is 20. The Morgan fingerprint density at radius 1 is 0.297 bits per heavy atom. The molecule has 0 saturated carbocycles. The molecule has 0 unspecified atom stereocenters. The minimum atomic E-state index is -0.364. The van der Waals surface area contributed by atoms with Gasteiger partial charge in [-0.1, -0.05) is 325 Å². The van der Waals surface area contributed by atoms with E-state index in [4.69, 9.17) is 8.83 Å². The summed E-state index contributed by atoms with van der Waals surface area (Å²) in [5, 5.41) is 7.54. The first-order valence-electron chi connectivity index (χ1n) is 40.3. The summed E-state index contributed by atoms with van der Waals surface area (Å²) < 4.78 is 14.2. The van der Waals surface area contributed by atoms with Crippen LogP contribution in [0, 0.1) is 0 Å². The van der Waals surface area contributed by atoms with E-state index in [1.54, 1.807) is 22.3 Å². The first-order chi connectivity index (χ1) is 49.5. The molecule has 4 aliphatic rings. The van der Waals surface area contributed by atoms with Gasteiger partial charge in [-0.25, -0.2) is 0 Å². The van der Waals surface area contributed by atoms with Crippen molar-refractivity contribution in [2.75, 3.05) is 4.90 Å². The number of hydrogen-bond donors (Lipinski definition) is 0. The first kappa shape index (κ1) is 67.4. The van der Waals surface area contributed by atoms with Crippen LogP contribution in [-0.2, 0) is 21.7 Å². The molecule has 2 aromatic heterocycles. The third-order valence-corrected chi connectivity index (χ3v) is 25.6. The van der Waals surface area contributed by atoms with Crippen molar-refractivity contribution in [1.29, 1.82) is 0 Å². The summed E-state index contributed by atoms with van der Waals surface area (Å²) >= 11 is 0. The van der Waals surface area contributed by atoms with Crippen molar-refractivity contribution in [1.82, 2.24) is 0 Å². The zero-order valence-electron chi connectivity index (χ0n) is 62.3. The van der Waals surface area contributed by atoms with E-state index >= 15 is 0 Å². The van der Waals surface area contributed by atoms with Crippen LogP contribution in [0.2, 0.25) is 0 Å². The largest absolute Gasteiger partial charge is 0.456 e. The zero-order chi connectivity index (χ0) is 69.0. The molecule has 16 rings (SSSR count). The molecule has 0 saturated heterocycles. The van der Waals surface area contributed by atoms with Gasteiger partial charge in [0.1, 0.15) is 22.3 Å². The van der Waals surface area contributed by atoms with Gasteiger partial charge >= 0.3 is 0 Å². The van der Waals surface area contributed by atoms with Crippen LogP contribution in [-0.4, -0.2) is 0 Å². The number of fused-ring (bicyclic) bond motifs is 23. The Morgan fingerprint density at radius 3 is 1.39 bits per heavy atom. The molecule has 12 aromatic rings. The van der Waals surface area contributed by atoms with Crippen LogP contribution in [0.4, 0.5) is 17.1 Å². The fourth-order valence-electron chi connectivity index (χ4n) is 20.6. The Labute approximate surface area is 603 Å². The third kappa shape index (κ3) is 11.2. The second-order valence-corrected chi connectivity index (χ2v) is 32.5. The average molecular weight is 1330 g/mol. The Morgan fingerprint density at radius 2 is 0.752 bits per heavy atom. The van der Waals surface area contributed by atoms with E-state index < -0.39 is 0 Å². The van der Waals surface area contributed by atoms with Gasteiger partial charge in [0.25, 0.3) is 0 Å². The maximum absolute atomic E-state index is 7.25.